The molecule has 0 fully saturated rings. The van der Waals surface area contributed by atoms with Crippen LogP contribution in [0.15, 0.2) is 60.7 Å². The summed E-state index contributed by atoms with van der Waals surface area (Å²) in [6, 6.07) is 16.8. The lowest BCUT2D eigenvalue weighted by atomic mass is 10.2. The first-order valence-electron chi connectivity index (χ1n) is 8.01. The summed E-state index contributed by atoms with van der Waals surface area (Å²) in [6.07, 6.45) is 0. The average Bonchev–Trinajstić information content (AvgIpc) is 2.79. The van der Waals surface area contributed by atoms with Crippen LogP contribution in [0.1, 0.15) is 20.7 Å². The third kappa shape index (κ3) is 6.05. The van der Waals surface area contributed by atoms with Gasteiger partial charge in [0.2, 0.25) is 10.2 Å². The van der Waals surface area contributed by atoms with E-state index in [0.717, 1.165) is 14.2 Å². The fourth-order valence-corrected chi connectivity index (χ4v) is 7.67. The highest BCUT2D eigenvalue weighted by molar-refractivity contribution is 8.91. The summed E-state index contributed by atoms with van der Waals surface area (Å²) in [6.45, 7) is 0. The van der Waals surface area contributed by atoms with E-state index in [1.54, 1.807) is 60.7 Å². The van der Waals surface area contributed by atoms with Gasteiger partial charge in [-0.2, -0.15) is 0 Å². The van der Waals surface area contributed by atoms with Crippen molar-refractivity contribution in [3.05, 3.63) is 71.8 Å². The molecule has 0 radical (unpaired) electrons. The van der Waals surface area contributed by atoms with Crippen LogP contribution in [0, 0.1) is 0 Å². The molecule has 152 valence electrons. The van der Waals surface area contributed by atoms with Crippen molar-refractivity contribution >= 4 is 65.3 Å². The Balaban J connectivity index is 2.22. The maximum atomic E-state index is 12.5. The first kappa shape index (κ1) is 23.4. The monoisotopic (exact) mass is 468 g/mol. The zero-order valence-corrected chi connectivity index (χ0v) is 18.6. The van der Waals surface area contributed by atoms with Crippen molar-refractivity contribution in [3.63, 3.8) is 0 Å². The molecule has 2 rings (SSSR count). The van der Waals surface area contributed by atoms with E-state index >= 15 is 0 Å². The van der Waals surface area contributed by atoms with Gasteiger partial charge >= 0.3 is 11.9 Å². The molecule has 0 atom stereocenters. The molecule has 0 saturated carbocycles. The van der Waals surface area contributed by atoms with Crippen molar-refractivity contribution in [1.29, 1.82) is 0 Å². The van der Waals surface area contributed by atoms with Gasteiger partial charge in [0.25, 0.3) is 4.08 Å². The minimum Gasteiger partial charge on any atom is -0.467 e. The topological polar surface area (TPSA) is 86.7 Å². The minimum atomic E-state index is -1.96. The van der Waals surface area contributed by atoms with E-state index in [9.17, 15) is 19.2 Å². The molecule has 6 nitrogen and oxygen atoms in total. The predicted octanol–water partition coefficient (Wildman–Crippen LogP) is 4.47. The van der Waals surface area contributed by atoms with Crippen LogP contribution in [-0.4, -0.2) is 40.5 Å². The third-order valence-electron chi connectivity index (χ3n) is 3.40. The Labute approximate surface area is 183 Å². The second-order valence-electron chi connectivity index (χ2n) is 5.24. The molecule has 0 spiro atoms. The van der Waals surface area contributed by atoms with Gasteiger partial charge in [-0.25, -0.2) is 9.59 Å². The van der Waals surface area contributed by atoms with Gasteiger partial charge in [-0.15, -0.1) is 0 Å². The lowest BCUT2D eigenvalue weighted by Gasteiger charge is -2.24. The molecule has 0 unspecified atom stereocenters. The van der Waals surface area contributed by atoms with Crippen LogP contribution in [0.2, 0.25) is 0 Å². The molecule has 0 aliphatic heterocycles. The molecule has 0 amide bonds. The largest absolute Gasteiger partial charge is 0.467 e. The van der Waals surface area contributed by atoms with Crippen molar-refractivity contribution < 1.29 is 28.7 Å². The highest BCUT2D eigenvalue weighted by Gasteiger charge is 2.52. The molecule has 0 N–H and O–H groups in total. The number of methoxy groups -OCH3 is 2. The summed E-state index contributed by atoms with van der Waals surface area (Å²) in [5.74, 6) is -1.86. The second kappa shape index (κ2) is 11.3. The van der Waals surface area contributed by atoms with E-state index in [1.165, 1.54) is 0 Å². The Morgan fingerprint density at radius 1 is 0.655 bits per heavy atom. The molecule has 0 aliphatic carbocycles. The van der Waals surface area contributed by atoms with Crippen LogP contribution in [0.25, 0.3) is 0 Å². The van der Waals surface area contributed by atoms with Gasteiger partial charge in [0.1, 0.15) is 0 Å². The number of carbonyl (C=O) groups excluding carboxylic acids is 4. The van der Waals surface area contributed by atoms with Gasteiger partial charge in [0.05, 0.1) is 14.2 Å². The minimum absolute atomic E-state index is 0.354. The normalized spacial score (nSPS) is 10.8. The number of hydrogen-bond acceptors (Lipinski definition) is 10. The molecular weight excluding hydrogens is 452 g/mol. The highest BCUT2D eigenvalue weighted by atomic mass is 33.1. The Bertz CT molecular complexity index is 799. The Kier molecular flexibility index (Phi) is 9.15. The summed E-state index contributed by atoms with van der Waals surface area (Å²) in [4.78, 5) is 49.9. The van der Waals surface area contributed by atoms with Crippen LogP contribution < -0.4 is 0 Å². The number of hydrogen-bond donors (Lipinski definition) is 0. The molecule has 2 aromatic carbocycles. The lowest BCUT2D eigenvalue weighted by molar-refractivity contribution is -0.151. The van der Waals surface area contributed by atoms with Crippen molar-refractivity contribution in [1.82, 2.24) is 0 Å². The summed E-state index contributed by atoms with van der Waals surface area (Å²) in [5.41, 5.74) is 0.818. The zero-order valence-electron chi connectivity index (χ0n) is 15.4. The number of esters is 2. The SMILES string of the molecule is COC(=O)C(SSC(=O)c1ccccc1)(SSC(=O)c1ccccc1)C(=O)OC. The summed E-state index contributed by atoms with van der Waals surface area (Å²) >= 11 is 0. The highest BCUT2D eigenvalue weighted by Crippen LogP contribution is 2.52. The smallest absolute Gasteiger partial charge is 0.345 e. The molecule has 29 heavy (non-hydrogen) atoms. The van der Waals surface area contributed by atoms with Gasteiger partial charge in [-0.3, -0.25) is 9.59 Å². The summed E-state index contributed by atoms with van der Waals surface area (Å²) < 4.78 is 7.60. The standard InChI is InChI=1S/C19H16O6S4/c1-24-17(22)19(18(23)25-2,28-26-15(20)13-9-5-3-6-10-13)29-27-16(21)14-11-7-4-8-12-14/h3-12H,1-2H3. The van der Waals surface area contributed by atoms with Crippen LogP contribution in [0.3, 0.4) is 0 Å². The lowest BCUT2D eigenvalue weighted by Crippen LogP contribution is -2.41. The molecule has 2 aromatic rings. The quantitative estimate of drug-likeness (QED) is 0.239. The Morgan fingerprint density at radius 2 is 1.00 bits per heavy atom. The van der Waals surface area contributed by atoms with E-state index in [0.29, 0.717) is 54.3 Å². The molecule has 0 saturated heterocycles. The predicted molar refractivity (Wildman–Crippen MR) is 119 cm³/mol. The van der Waals surface area contributed by atoms with Gasteiger partial charge in [-0.05, 0) is 43.2 Å². The molecule has 0 aromatic heterocycles. The fourth-order valence-electron chi connectivity index (χ4n) is 1.94. The Morgan fingerprint density at radius 3 is 1.31 bits per heavy atom. The van der Waals surface area contributed by atoms with E-state index in [4.69, 9.17) is 9.47 Å². The van der Waals surface area contributed by atoms with Gasteiger partial charge < -0.3 is 9.47 Å². The first-order chi connectivity index (χ1) is 13.9. The molecule has 0 bridgehead atoms. The summed E-state index contributed by atoms with van der Waals surface area (Å²) in [5, 5.41) is -0.708. The number of carbonyl (C=O) groups is 4. The van der Waals surface area contributed by atoms with Crippen molar-refractivity contribution in [2.24, 2.45) is 0 Å². The van der Waals surface area contributed by atoms with Gasteiger partial charge in [0, 0.05) is 11.1 Å². The first-order valence-corrected chi connectivity index (χ1v) is 12.3. The summed E-state index contributed by atoms with van der Waals surface area (Å²) in [7, 11) is 5.01. The third-order valence-corrected chi connectivity index (χ3v) is 9.51. The van der Waals surface area contributed by atoms with Crippen molar-refractivity contribution in [3.8, 4) is 0 Å². The maximum absolute atomic E-state index is 12.5. The molecule has 0 aliphatic rings. The van der Waals surface area contributed by atoms with E-state index in [2.05, 4.69) is 0 Å². The van der Waals surface area contributed by atoms with Crippen LogP contribution in [-0.2, 0) is 19.1 Å². The van der Waals surface area contributed by atoms with E-state index < -0.39 is 16.0 Å². The average molecular weight is 469 g/mol. The Hall–Kier alpha value is -1.88. The second-order valence-corrected chi connectivity index (χ2v) is 10.1. The molecular formula is C19H16O6S4. The van der Waals surface area contributed by atoms with Crippen molar-refractivity contribution in [2.75, 3.05) is 14.2 Å². The van der Waals surface area contributed by atoms with Crippen LogP contribution >= 0.6 is 43.2 Å². The maximum Gasteiger partial charge on any atom is 0.345 e. The molecule has 0 heterocycles. The van der Waals surface area contributed by atoms with Crippen LogP contribution in [0.5, 0.6) is 0 Å². The van der Waals surface area contributed by atoms with Crippen molar-refractivity contribution in [2.45, 2.75) is 4.08 Å². The number of ether oxygens (including phenoxy) is 2. The zero-order chi connectivity index (χ0) is 21.3. The van der Waals surface area contributed by atoms with E-state index in [-0.39, 0.29) is 10.2 Å². The molecule has 10 heteroatoms. The number of benzene rings is 2. The van der Waals surface area contributed by atoms with Gasteiger partial charge in [-0.1, -0.05) is 60.7 Å². The van der Waals surface area contributed by atoms with Crippen LogP contribution in [0.4, 0.5) is 0 Å². The fraction of sp³-hybridized carbons (Fsp3) is 0.158. The number of rotatable bonds is 8. The van der Waals surface area contributed by atoms with E-state index in [1.807, 2.05) is 0 Å². The van der Waals surface area contributed by atoms with Gasteiger partial charge in [0.15, 0.2) is 0 Å².